The summed E-state index contributed by atoms with van der Waals surface area (Å²) in [7, 11) is 0. The molecule has 0 aliphatic carbocycles. The quantitative estimate of drug-likeness (QED) is 0.556. The minimum atomic E-state index is -0.616. The number of nitro benzene ring substituents is 1. The van der Waals surface area contributed by atoms with E-state index in [1.54, 1.807) is 24.3 Å². The Labute approximate surface area is 141 Å². The predicted molar refractivity (Wildman–Crippen MR) is 90.2 cm³/mol. The van der Waals surface area contributed by atoms with Crippen molar-refractivity contribution in [2.75, 3.05) is 5.73 Å². The van der Waals surface area contributed by atoms with Gasteiger partial charge in [0.2, 0.25) is 5.82 Å². The maximum absolute atomic E-state index is 11.1. The number of hydrogen-bond acceptors (Lipinski definition) is 7. The second-order valence-corrected chi connectivity index (χ2v) is 5.14. The first-order valence-electron chi connectivity index (χ1n) is 7.15. The van der Waals surface area contributed by atoms with E-state index in [0.717, 1.165) is 0 Å². The number of hydrogen-bond donors (Lipinski definition) is 1. The normalized spacial score (nSPS) is 10.6. The molecule has 9 nitrogen and oxygen atoms in total. The van der Waals surface area contributed by atoms with Crippen molar-refractivity contribution in [3.8, 4) is 5.75 Å². The van der Waals surface area contributed by atoms with Gasteiger partial charge in [0, 0.05) is 17.6 Å². The molecule has 0 radical (unpaired) electrons. The van der Waals surface area contributed by atoms with Gasteiger partial charge in [-0.1, -0.05) is 18.2 Å². The van der Waals surface area contributed by atoms with Crippen molar-refractivity contribution in [1.29, 1.82) is 0 Å². The van der Waals surface area contributed by atoms with E-state index in [1.807, 2.05) is 0 Å². The number of rotatable bonds is 5. The number of aromatic nitrogens is 1. The van der Waals surface area contributed by atoms with Crippen LogP contribution in [0.2, 0.25) is 0 Å². The highest BCUT2D eigenvalue weighted by Gasteiger charge is 2.20. The SMILES string of the molecule is Nc1nccc(COc2ccc([N+](=O)[O-])c3ccccc23)c1[N+](=O)[O-]. The zero-order valence-corrected chi connectivity index (χ0v) is 12.8. The maximum Gasteiger partial charge on any atom is 0.317 e. The Balaban J connectivity index is 1.98. The van der Waals surface area contributed by atoms with Gasteiger partial charge in [0.15, 0.2) is 0 Å². The molecule has 126 valence electrons. The molecule has 0 atom stereocenters. The van der Waals surface area contributed by atoms with E-state index < -0.39 is 9.85 Å². The molecule has 2 N–H and O–H groups in total. The van der Waals surface area contributed by atoms with Crippen LogP contribution < -0.4 is 10.5 Å². The second-order valence-electron chi connectivity index (χ2n) is 5.14. The minimum Gasteiger partial charge on any atom is -0.488 e. The fourth-order valence-corrected chi connectivity index (χ4v) is 2.54. The topological polar surface area (TPSA) is 134 Å². The molecule has 0 amide bonds. The molecule has 9 heteroatoms. The van der Waals surface area contributed by atoms with E-state index in [4.69, 9.17) is 10.5 Å². The number of non-ortho nitro benzene ring substituents is 1. The first-order chi connectivity index (χ1) is 12.0. The average Bonchev–Trinajstić information content (AvgIpc) is 2.59. The minimum absolute atomic E-state index is 0.0397. The molecule has 0 spiro atoms. The van der Waals surface area contributed by atoms with E-state index in [2.05, 4.69) is 4.98 Å². The van der Waals surface area contributed by atoms with Gasteiger partial charge in [-0.15, -0.1) is 0 Å². The van der Waals surface area contributed by atoms with Gasteiger partial charge in [0.25, 0.3) is 5.69 Å². The lowest BCUT2D eigenvalue weighted by atomic mass is 10.1. The first kappa shape index (κ1) is 16.1. The number of nitro groups is 2. The zero-order valence-electron chi connectivity index (χ0n) is 12.8. The van der Waals surface area contributed by atoms with Crippen LogP contribution in [-0.2, 0) is 6.61 Å². The fourth-order valence-electron chi connectivity index (χ4n) is 2.54. The Kier molecular flexibility index (Phi) is 4.12. The van der Waals surface area contributed by atoms with Crippen molar-refractivity contribution in [3.63, 3.8) is 0 Å². The van der Waals surface area contributed by atoms with Crippen LogP contribution in [0.25, 0.3) is 10.8 Å². The highest BCUT2D eigenvalue weighted by Crippen LogP contribution is 2.34. The number of nitrogens with two attached hydrogens (primary N) is 1. The number of benzene rings is 2. The van der Waals surface area contributed by atoms with Crippen LogP contribution >= 0.6 is 0 Å². The van der Waals surface area contributed by atoms with Crippen LogP contribution in [0.15, 0.2) is 48.7 Å². The summed E-state index contributed by atoms with van der Waals surface area (Å²) in [6, 6.07) is 11.0. The van der Waals surface area contributed by atoms with E-state index in [1.165, 1.54) is 24.4 Å². The Hall–Kier alpha value is -3.75. The predicted octanol–water partition coefficient (Wildman–Crippen LogP) is 3.21. The molecule has 1 heterocycles. The molecule has 3 aromatic rings. The maximum atomic E-state index is 11.1. The molecule has 0 unspecified atom stereocenters. The van der Waals surface area contributed by atoms with Gasteiger partial charge in [-0.2, -0.15) is 0 Å². The van der Waals surface area contributed by atoms with Crippen molar-refractivity contribution < 1.29 is 14.6 Å². The number of fused-ring (bicyclic) bond motifs is 1. The Morgan fingerprint density at radius 2 is 1.72 bits per heavy atom. The van der Waals surface area contributed by atoms with Crippen molar-refractivity contribution in [2.24, 2.45) is 0 Å². The molecule has 0 aliphatic heterocycles. The van der Waals surface area contributed by atoms with E-state index in [0.29, 0.717) is 16.5 Å². The number of ether oxygens (including phenoxy) is 1. The van der Waals surface area contributed by atoms with Gasteiger partial charge in [0.1, 0.15) is 12.4 Å². The monoisotopic (exact) mass is 340 g/mol. The van der Waals surface area contributed by atoms with Gasteiger partial charge < -0.3 is 10.5 Å². The number of nitrogens with zero attached hydrogens (tertiary/aromatic N) is 3. The molecule has 3 rings (SSSR count). The highest BCUT2D eigenvalue weighted by atomic mass is 16.6. The molecule has 0 aliphatic rings. The zero-order chi connectivity index (χ0) is 18.0. The van der Waals surface area contributed by atoms with Crippen LogP contribution in [0.4, 0.5) is 17.2 Å². The van der Waals surface area contributed by atoms with Crippen LogP contribution in [0.5, 0.6) is 5.75 Å². The number of nitrogen functional groups attached to an aromatic ring is 1. The van der Waals surface area contributed by atoms with Crippen molar-refractivity contribution in [2.45, 2.75) is 6.61 Å². The van der Waals surface area contributed by atoms with Crippen LogP contribution in [0.1, 0.15) is 5.56 Å². The first-order valence-corrected chi connectivity index (χ1v) is 7.15. The third-order valence-corrected chi connectivity index (χ3v) is 3.66. The summed E-state index contributed by atoms with van der Waals surface area (Å²) in [5, 5.41) is 23.2. The van der Waals surface area contributed by atoms with Crippen LogP contribution in [-0.4, -0.2) is 14.8 Å². The molecule has 25 heavy (non-hydrogen) atoms. The largest absolute Gasteiger partial charge is 0.488 e. The smallest absolute Gasteiger partial charge is 0.317 e. The van der Waals surface area contributed by atoms with Crippen molar-refractivity contribution in [3.05, 3.63) is 74.5 Å². The van der Waals surface area contributed by atoms with Gasteiger partial charge in [-0.3, -0.25) is 20.2 Å². The van der Waals surface area contributed by atoms with Crippen molar-refractivity contribution >= 4 is 28.0 Å². The third-order valence-electron chi connectivity index (χ3n) is 3.66. The van der Waals surface area contributed by atoms with Crippen LogP contribution in [0, 0.1) is 20.2 Å². The molecule has 2 aromatic carbocycles. The van der Waals surface area contributed by atoms with Crippen molar-refractivity contribution in [1.82, 2.24) is 4.98 Å². The molecule has 0 saturated carbocycles. The standard InChI is InChI=1S/C16H12N4O5/c17-16-15(20(23)24)10(7-8-18-16)9-25-14-6-5-13(19(21)22)11-3-1-2-4-12(11)14/h1-8H,9H2,(H2,17,18). The third kappa shape index (κ3) is 3.02. The summed E-state index contributed by atoms with van der Waals surface area (Å²) < 4.78 is 5.68. The Morgan fingerprint density at radius 1 is 1.00 bits per heavy atom. The van der Waals surface area contributed by atoms with Crippen LogP contribution in [0.3, 0.4) is 0 Å². The summed E-state index contributed by atoms with van der Waals surface area (Å²) in [5.41, 5.74) is 5.46. The number of anilines is 1. The second kappa shape index (κ2) is 6.40. The number of pyridine rings is 1. The fraction of sp³-hybridized carbons (Fsp3) is 0.0625. The molecule has 1 aromatic heterocycles. The molecule has 0 bridgehead atoms. The van der Waals surface area contributed by atoms with Gasteiger partial charge in [-0.05, 0) is 18.2 Å². The Bertz CT molecular complexity index is 989. The highest BCUT2D eigenvalue weighted by molar-refractivity contribution is 5.95. The van der Waals surface area contributed by atoms with E-state index >= 15 is 0 Å². The lowest BCUT2D eigenvalue weighted by Crippen LogP contribution is -2.05. The molecular formula is C16H12N4O5. The summed E-state index contributed by atoms with van der Waals surface area (Å²) in [6.45, 7) is -0.120. The molecular weight excluding hydrogens is 328 g/mol. The summed E-state index contributed by atoms with van der Waals surface area (Å²) in [4.78, 5) is 24.9. The lowest BCUT2D eigenvalue weighted by molar-refractivity contribution is -0.385. The molecule has 0 fully saturated rings. The van der Waals surface area contributed by atoms with Gasteiger partial charge >= 0.3 is 5.69 Å². The summed E-state index contributed by atoms with van der Waals surface area (Å²) in [6.07, 6.45) is 1.36. The van der Waals surface area contributed by atoms with Gasteiger partial charge in [-0.25, -0.2) is 4.98 Å². The van der Waals surface area contributed by atoms with E-state index in [-0.39, 0.29) is 29.4 Å². The van der Waals surface area contributed by atoms with E-state index in [9.17, 15) is 20.2 Å². The molecule has 0 saturated heterocycles. The Morgan fingerprint density at radius 3 is 2.40 bits per heavy atom. The lowest BCUT2D eigenvalue weighted by Gasteiger charge is -2.10. The summed E-state index contributed by atoms with van der Waals surface area (Å²) in [5.74, 6) is 0.186. The van der Waals surface area contributed by atoms with Gasteiger partial charge in [0.05, 0.1) is 20.8 Å². The summed E-state index contributed by atoms with van der Waals surface area (Å²) >= 11 is 0. The average molecular weight is 340 g/mol.